The molecule has 0 unspecified atom stereocenters. The maximum atomic E-state index is 8.92. The fraction of sp³-hybridized carbons (Fsp3) is 0.0769. The van der Waals surface area contributed by atoms with Crippen LogP contribution in [0.3, 0.4) is 0 Å². The molecule has 2 aromatic carbocycles. The van der Waals surface area contributed by atoms with E-state index in [1.165, 1.54) is 3.57 Å². The number of halogens is 1. The van der Waals surface area contributed by atoms with E-state index >= 15 is 0 Å². The summed E-state index contributed by atoms with van der Waals surface area (Å²) in [5, 5.41) is 8.92. The summed E-state index contributed by atoms with van der Waals surface area (Å²) in [6, 6.07) is 17.5. The van der Waals surface area contributed by atoms with Crippen molar-refractivity contribution in [2.45, 2.75) is 6.92 Å². The molecule has 0 aliphatic heterocycles. The number of phenols is 1. The second-order valence-corrected chi connectivity index (χ2v) is 4.33. The van der Waals surface area contributed by atoms with E-state index in [1.54, 1.807) is 6.07 Å². The summed E-state index contributed by atoms with van der Waals surface area (Å²) in [4.78, 5) is 0. The number of aromatic hydroxyl groups is 1. The molecule has 0 amide bonds. The zero-order chi connectivity index (χ0) is 11.1. The lowest BCUT2D eigenvalue weighted by atomic mass is 10.2. The molecule has 2 heteroatoms. The Morgan fingerprint density at radius 3 is 1.73 bits per heavy atom. The van der Waals surface area contributed by atoms with Crippen molar-refractivity contribution in [2.75, 3.05) is 0 Å². The Hall–Kier alpha value is -1.03. The average molecular weight is 312 g/mol. The normalized spacial score (nSPS) is 8.93. The van der Waals surface area contributed by atoms with Gasteiger partial charge in [0.15, 0.2) is 0 Å². The minimum atomic E-state index is 0.368. The van der Waals surface area contributed by atoms with Crippen LogP contribution in [0.1, 0.15) is 5.56 Å². The van der Waals surface area contributed by atoms with Gasteiger partial charge < -0.3 is 5.11 Å². The number of benzene rings is 2. The minimum absolute atomic E-state index is 0.368. The molecule has 0 aromatic heterocycles. The standard InChI is InChI=1S/C7H8O.C6H5I/c1-6-4-2-3-5-7(6)8;7-6-4-2-1-3-5-6/h2-5,8H,1H3;1-5H. The number of hydrogen-bond acceptors (Lipinski definition) is 1. The van der Waals surface area contributed by atoms with Gasteiger partial charge in [-0.15, -0.1) is 0 Å². The Labute approximate surface area is 104 Å². The van der Waals surface area contributed by atoms with Gasteiger partial charge in [0.2, 0.25) is 0 Å². The zero-order valence-corrected chi connectivity index (χ0v) is 10.7. The van der Waals surface area contributed by atoms with Crippen LogP contribution < -0.4 is 0 Å². The predicted octanol–water partition coefficient (Wildman–Crippen LogP) is 3.99. The quantitative estimate of drug-likeness (QED) is 0.729. The summed E-state index contributed by atoms with van der Waals surface area (Å²) in [6.07, 6.45) is 0. The van der Waals surface area contributed by atoms with Gasteiger partial charge in [-0.3, -0.25) is 0 Å². The Morgan fingerprint density at radius 2 is 1.40 bits per heavy atom. The molecule has 15 heavy (non-hydrogen) atoms. The van der Waals surface area contributed by atoms with Gasteiger partial charge in [0.25, 0.3) is 0 Å². The molecule has 0 bridgehead atoms. The van der Waals surface area contributed by atoms with Gasteiger partial charge in [0, 0.05) is 3.57 Å². The highest BCUT2D eigenvalue weighted by Crippen LogP contribution is 2.12. The number of para-hydroxylation sites is 1. The van der Waals surface area contributed by atoms with Gasteiger partial charge in [-0.1, -0.05) is 36.4 Å². The lowest BCUT2D eigenvalue weighted by Gasteiger charge is -1.92. The SMILES string of the molecule is Cc1ccccc1O.Ic1ccccc1. The average Bonchev–Trinajstić information content (AvgIpc) is 2.25. The van der Waals surface area contributed by atoms with Crippen LogP contribution in [-0.4, -0.2) is 5.11 Å². The van der Waals surface area contributed by atoms with Crippen LogP contribution in [0.15, 0.2) is 54.6 Å². The van der Waals surface area contributed by atoms with Gasteiger partial charge in [-0.25, -0.2) is 0 Å². The van der Waals surface area contributed by atoms with E-state index in [9.17, 15) is 0 Å². The number of rotatable bonds is 0. The molecule has 0 aliphatic rings. The fourth-order valence-corrected chi connectivity index (χ4v) is 1.39. The Balaban J connectivity index is 0.000000151. The van der Waals surface area contributed by atoms with E-state index in [0.29, 0.717) is 5.75 Å². The van der Waals surface area contributed by atoms with Crippen molar-refractivity contribution in [3.8, 4) is 5.75 Å². The third-order valence-electron chi connectivity index (χ3n) is 1.85. The van der Waals surface area contributed by atoms with E-state index < -0.39 is 0 Å². The molecular weight excluding hydrogens is 299 g/mol. The van der Waals surface area contributed by atoms with E-state index in [-0.39, 0.29) is 0 Å². The second-order valence-electron chi connectivity index (χ2n) is 3.08. The molecule has 0 atom stereocenters. The van der Waals surface area contributed by atoms with Crippen LogP contribution in [0.25, 0.3) is 0 Å². The maximum Gasteiger partial charge on any atom is 0.118 e. The Bertz CT molecular complexity index is 377. The monoisotopic (exact) mass is 312 g/mol. The molecule has 0 heterocycles. The van der Waals surface area contributed by atoms with Crippen molar-refractivity contribution < 1.29 is 5.11 Å². The van der Waals surface area contributed by atoms with E-state index in [2.05, 4.69) is 34.7 Å². The molecule has 78 valence electrons. The first-order chi connectivity index (χ1) is 7.20. The first-order valence-electron chi connectivity index (χ1n) is 4.65. The highest BCUT2D eigenvalue weighted by atomic mass is 127. The number of phenolic OH excluding ortho intramolecular Hbond substituents is 1. The highest BCUT2D eigenvalue weighted by Gasteiger charge is 1.87. The van der Waals surface area contributed by atoms with Crippen molar-refractivity contribution in [3.63, 3.8) is 0 Å². The van der Waals surface area contributed by atoms with Crippen LogP contribution in [-0.2, 0) is 0 Å². The summed E-state index contributed by atoms with van der Waals surface area (Å²) in [5.41, 5.74) is 0.924. The zero-order valence-electron chi connectivity index (χ0n) is 8.52. The third kappa shape index (κ3) is 4.83. The molecular formula is C13H13IO. The summed E-state index contributed by atoms with van der Waals surface area (Å²) in [7, 11) is 0. The molecule has 1 nitrogen and oxygen atoms in total. The van der Waals surface area contributed by atoms with Gasteiger partial charge in [-0.05, 0) is 53.3 Å². The Kier molecular flexibility index (Phi) is 5.18. The molecule has 0 fully saturated rings. The predicted molar refractivity (Wildman–Crippen MR) is 72.0 cm³/mol. The van der Waals surface area contributed by atoms with Gasteiger partial charge in [-0.2, -0.15) is 0 Å². The third-order valence-corrected chi connectivity index (χ3v) is 2.57. The van der Waals surface area contributed by atoms with Crippen molar-refractivity contribution >= 4 is 22.6 Å². The van der Waals surface area contributed by atoms with E-state index in [0.717, 1.165) is 5.56 Å². The van der Waals surface area contributed by atoms with Crippen molar-refractivity contribution in [1.29, 1.82) is 0 Å². The first-order valence-corrected chi connectivity index (χ1v) is 5.73. The lowest BCUT2D eigenvalue weighted by molar-refractivity contribution is 0.471. The van der Waals surface area contributed by atoms with Crippen LogP contribution in [0.4, 0.5) is 0 Å². The van der Waals surface area contributed by atoms with Gasteiger partial charge in [0.1, 0.15) is 5.75 Å². The van der Waals surface area contributed by atoms with Crippen LogP contribution in [0.5, 0.6) is 5.75 Å². The van der Waals surface area contributed by atoms with Crippen molar-refractivity contribution in [3.05, 3.63) is 63.7 Å². The fourth-order valence-electron chi connectivity index (χ4n) is 0.978. The van der Waals surface area contributed by atoms with E-state index in [4.69, 9.17) is 5.11 Å². The van der Waals surface area contributed by atoms with Gasteiger partial charge in [0.05, 0.1) is 0 Å². The topological polar surface area (TPSA) is 20.2 Å². The molecule has 2 aromatic rings. The molecule has 0 saturated heterocycles. The van der Waals surface area contributed by atoms with Crippen LogP contribution >= 0.6 is 22.6 Å². The smallest absolute Gasteiger partial charge is 0.118 e. The summed E-state index contributed by atoms with van der Waals surface area (Å²) in [6.45, 7) is 1.87. The largest absolute Gasteiger partial charge is 0.508 e. The lowest BCUT2D eigenvalue weighted by Crippen LogP contribution is -1.68. The summed E-state index contributed by atoms with van der Waals surface area (Å²) < 4.78 is 1.29. The maximum absolute atomic E-state index is 8.92. The van der Waals surface area contributed by atoms with Crippen molar-refractivity contribution in [2.24, 2.45) is 0 Å². The van der Waals surface area contributed by atoms with Crippen molar-refractivity contribution in [1.82, 2.24) is 0 Å². The minimum Gasteiger partial charge on any atom is -0.508 e. The Morgan fingerprint density at radius 1 is 0.867 bits per heavy atom. The van der Waals surface area contributed by atoms with E-state index in [1.807, 2.05) is 43.3 Å². The molecule has 0 radical (unpaired) electrons. The number of aryl methyl sites for hydroxylation is 1. The highest BCUT2D eigenvalue weighted by molar-refractivity contribution is 14.1. The molecule has 0 saturated carbocycles. The summed E-state index contributed by atoms with van der Waals surface area (Å²) in [5.74, 6) is 0.368. The first kappa shape index (κ1) is 12.0. The van der Waals surface area contributed by atoms with Crippen LogP contribution in [0, 0.1) is 10.5 Å². The molecule has 0 aliphatic carbocycles. The number of hydrogen-bond donors (Lipinski definition) is 1. The van der Waals surface area contributed by atoms with Gasteiger partial charge >= 0.3 is 0 Å². The van der Waals surface area contributed by atoms with Crippen LogP contribution in [0.2, 0.25) is 0 Å². The second kappa shape index (κ2) is 6.45. The summed E-state index contributed by atoms with van der Waals surface area (Å²) >= 11 is 2.28. The molecule has 1 N–H and O–H groups in total. The molecule has 0 spiro atoms. The molecule has 2 rings (SSSR count).